The molecule has 0 radical (unpaired) electrons. The number of carbonyl (C=O) groups is 1. The Bertz CT molecular complexity index is 722. The van der Waals surface area contributed by atoms with Crippen molar-refractivity contribution < 1.29 is 9.21 Å². The average molecular weight is 303 g/mol. The predicted octanol–water partition coefficient (Wildman–Crippen LogP) is 3.00. The zero-order valence-corrected chi connectivity index (χ0v) is 13.0. The topological polar surface area (TPSA) is 83.4 Å². The number of anilines is 2. The van der Waals surface area contributed by atoms with Crippen LogP contribution >= 0.6 is 0 Å². The molecule has 3 N–H and O–H groups in total. The van der Waals surface area contributed by atoms with Crippen LogP contribution < -0.4 is 21.6 Å². The van der Waals surface area contributed by atoms with Crippen LogP contribution in [0.25, 0.3) is 11.0 Å². The van der Waals surface area contributed by atoms with Crippen molar-refractivity contribution >= 4 is 28.4 Å². The first-order chi connectivity index (χ1) is 10.5. The number of amides is 2. The number of rotatable bonds is 5. The van der Waals surface area contributed by atoms with E-state index in [0.717, 1.165) is 5.39 Å². The number of fused-ring (bicyclic) bond motifs is 1. The third kappa shape index (κ3) is 3.58. The summed E-state index contributed by atoms with van der Waals surface area (Å²) in [7, 11) is 0. The molecule has 0 aliphatic heterocycles. The highest BCUT2D eigenvalue weighted by molar-refractivity contribution is 6.01. The summed E-state index contributed by atoms with van der Waals surface area (Å²) in [6.07, 6.45) is 0. The van der Waals surface area contributed by atoms with Crippen molar-refractivity contribution in [2.75, 3.05) is 23.7 Å². The third-order valence-corrected chi connectivity index (χ3v) is 3.08. The summed E-state index contributed by atoms with van der Waals surface area (Å²) in [4.78, 5) is 24.1. The molecular weight excluding hydrogens is 282 g/mol. The Morgan fingerprint density at radius 2 is 1.95 bits per heavy atom. The molecule has 0 spiro atoms. The van der Waals surface area contributed by atoms with E-state index >= 15 is 0 Å². The van der Waals surface area contributed by atoms with Gasteiger partial charge >= 0.3 is 11.7 Å². The van der Waals surface area contributed by atoms with Gasteiger partial charge in [0.15, 0.2) is 5.69 Å². The zero-order valence-electron chi connectivity index (χ0n) is 13.0. The highest BCUT2D eigenvalue weighted by Gasteiger charge is 2.16. The molecule has 2 amide bonds. The number of hydrogen-bond acceptors (Lipinski definition) is 4. The first-order valence-electron chi connectivity index (χ1n) is 7.37. The summed E-state index contributed by atoms with van der Waals surface area (Å²) >= 11 is 0. The van der Waals surface area contributed by atoms with Gasteiger partial charge in [-0.1, -0.05) is 26.0 Å². The maximum atomic E-state index is 12.2. The van der Waals surface area contributed by atoms with Crippen LogP contribution in [0.5, 0.6) is 0 Å². The Kier molecular flexibility index (Phi) is 5.04. The van der Waals surface area contributed by atoms with Gasteiger partial charge in [0.05, 0.1) is 5.69 Å². The summed E-state index contributed by atoms with van der Waals surface area (Å²) in [6, 6.07) is 6.79. The Hall–Kier alpha value is -2.50. The van der Waals surface area contributed by atoms with E-state index in [9.17, 15) is 9.59 Å². The average Bonchev–Trinajstić information content (AvgIpc) is 2.48. The Morgan fingerprint density at radius 3 is 2.64 bits per heavy atom. The molecule has 0 saturated carbocycles. The van der Waals surface area contributed by atoms with Crippen molar-refractivity contribution in [2.24, 2.45) is 5.92 Å². The van der Waals surface area contributed by atoms with Gasteiger partial charge in [0.25, 0.3) is 0 Å². The van der Waals surface area contributed by atoms with E-state index in [0.29, 0.717) is 30.3 Å². The number of carbonyl (C=O) groups excluding carboxylic acids is 1. The monoisotopic (exact) mass is 303 g/mol. The summed E-state index contributed by atoms with van der Waals surface area (Å²) < 4.78 is 5.27. The smallest absolute Gasteiger partial charge is 0.362 e. The van der Waals surface area contributed by atoms with Crippen molar-refractivity contribution in [3.05, 3.63) is 34.7 Å². The fourth-order valence-electron chi connectivity index (χ4n) is 2.08. The molecule has 6 heteroatoms. The Labute approximate surface area is 128 Å². The minimum atomic E-state index is -0.575. The molecule has 1 aromatic heterocycles. The molecule has 22 heavy (non-hydrogen) atoms. The molecule has 0 fully saturated rings. The van der Waals surface area contributed by atoms with Crippen molar-refractivity contribution in [1.82, 2.24) is 5.32 Å². The number of nitrogens with one attached hydrogen (secondary N) is 3. The molecule has 0 unspecified atom stereocenters. The van der Waals surface area contributed by atoms with E-state index in [2.05, 4.69) is 16.0 Å². The maximum Gasteiger partial charge on any atom is 0.362 e. The van der Waals surface area contributed by atoms with E-state index in [1.807, 2.05) is 32.9 Å². The molecule has 1 aromatic carbocycles. The van der Waals surface area contributed by atoms with Crippen molar-refractivity contribution in [3.63, 3.8) is 0 Å². The summed E-state index contributed by atoms with van der Waals surface area (Å²) in [5, 5.41) is 9.19. The second kappa shape index (κ2) is 6.98. The number of urea groups is 1. The van der Waals surface area contributed by atoms with Gasteiger partial charge in [0.2, 0.25) is 0 Å². The van der Waals surface area contributed by atoms with E-state index in [-0.39, 0.29) is 5.69 Å². The molecule has 0 saturated heterocycles. The molecule has 0 bridgehead atoms. The van der Waals surface area contributed by atoms with Crippen LogP contribution in [0.3, 0.4) is 0 Å². The standard InChI is InChI=1S/C16H21N3O3/c1-4-17-13-11-7-5-6-8-12(11)22-15(20)14(13)19-16(21)18-9-10(2)3/h5-8,10,17H,4,9H2,1-3H3,(H2,18,19,21). The zero-order chi connectivity index (χ0) is 16.1. The number of para-hydroxylation sites is 1. The largest absolute Gasteiger partial charge is 0.421 e. The molecular formula is C16H21N3O3. The van der Waals surface area contributed by atoms with E-state index in [1.54, 1.807) is 12.1 Å². The van der Waals surface area contributed by atoms with Crippen molar-refractivity contribution in [2.45, 2.75) is 20.8 Å². The van der Waals surface area contributed by atoms with Crippen molar-refractivity contribution in [3.8, 4) is 0 Å². The van der Waals surface area contributed by atoms with Crippen LogP contribution in [0.1, 0.15) is 20.8 Å². The minimum absolute atomic E-state index is 0.127. The van der Waals surface area contributed by atoms with Gasteiger partial charge < -0.3 is 15.1 Å². The fraction of sp³-hybridized carbons (Fsp3) is 0.375. The van der Waals surface area contributed by atoms with Gasteiger partial charge in [0, 0.05) is 18.5 Å². The Balaban J connectivity index is 2.39. The molecule has 118 valence electrons. The molecule has 1 heterocycles. The molecule has 6 nitrogen and oxygen atoms in total. The molecule has 0 aliphatic rings. The number of benzene rings is 1. The number of hydrogen-bond donors (Lipinski definition) is 3. The lowest BCUT2D eigenvalue weighted by atomic mass is 10.2. The van der Waals surface area contributed by atoms with Gasteiger partial charge in [-0.05, 0) is 25.0 Å². The SMILES string of the molecule is CCNc1c(NC(=O)NCC(C)C)c(=O)oc2ccccc12. The second-order valence-electron chi connectivity index (χ2n) is 5.39. The highest BCUT2D eigenvalue weighted by atomic mass is 16.4. The van der Waals surface area contributed by atoms with Crippen LogP contribution in [-0.2, 0) is 0 Å². The lowest BCUT2D eigenvalue weighted by Crippen LogP contribution is -2.33. The van der Waals surface area contributed by atoms with Gasteiger partial charge in [-0.2, -0.15) is 0 Å². The van der Waals surface area contributed by atoms with Gasteiger partial charge in [-0.15, -0.1) is 0 Å². The summed E-state index contributed by atoms with van der Waals surface area (Å²) in [5.74, 6) is 0.326. The molecule has 2 aromatic rings. The predicted molar refractivity (Wildman–Crippen MR) is 88.5 cm³/mol. The first kappa shape index (κ1) is 15.9. The van der Waals surface area contributed by atoms with E-state index in [1.165, 1.54) is 0 Å². The summed E-state index contributed by atoms with van der Waals surface area (Å²) in [6.45, 7) is 7.06. The Morgan fingerprint density at radius 1 is 1.23 bits per heavy atom. The van der Waals surface area contributed by atoms with E-state index < -0.39 is 11.7 Å². The maximum absolute atomic E-state index is 12.2. The second-order valence-corrected chi connectivity index (χ2v) is 5.39. The fourth-order valence-corrected chi connectivity index (χ4v) is 2.08. The minimum Gasteiger partial charge on any atom is -0.421 e. The van der Waals surface area contributed by atoms with Crippen LogP contribution in [0.2, 0.25) is 0 Å². The van der Waals surface area contributed by atoms with Crippen LogP contribution in [-0.4, -0.2) is 19.1 Å². The summed E-state index contributed by atoms with van der Waals surface area (Å²) in [5.41, 5.74) is 0.613. The van der Waals surface area contributed by atoms with Gasteiger partial charge in [-0.25, -0.2) is 9.59 Å². The molecule has 0 atom stereocenters. The van der Waals surface area contributed by atoms with Crippen LogP contribution in [0, 0.1) is 5.92 Å². The van der Waals surface area contributed by atoms with Crippen LogP contribution in [0.15, 0.2) is 33.5 Å². The lowest BCUT2D eigenvalue weighted by Gasteiger charge is -2.14. The van der Waals surface area contributed by atoms with E-state index in [4.69, 9.17) is 4.42 Å². The molecule has 0 aliphatic carbocycles. The first-order valence-corrected chi connectivity index (χ1v) is 7.37. The molecule has 2 rings (SSSR count). The highest BCUT2D eigenvalue weighted by Crippen LogP contribution is 2.28. The normalized spacial score (nSPS) is 10.7. The van der Waals surface area contributed by atoms with Gasteiger partial charge in [-0.3, -0.25) is 5.32 Å². The lowest BCUT2D eigenvalue weighted by molar-refractivity contribution is 0.251. The van der Waals surface area contributed by atoms with Crippen LogP contribution in [0.4, 0.5) is 16.2 Å². The quantitative estimate of drug-likeness (QED) is 0.741. The van der Waals surface area contributed by atoms with Crippen molar-refractivity contribution in [1.29, 1.82) is 0 Å². The third-order valence-electron chi connectivity index (χ3n) is 3.08. The van der Waals surface area contributed by atoms with Gasteiger partial charge in [0.1, 0.15) is 5.58 Å².